The molecule has 4 nitrogen and oxygen atoms in total. The molecule has 2 unspecified atom stereocenters. The fraction of sp³-hybridized carbons (Fsp3) is 1.00. The van der Waals surface area contributed by atoms with Crippen LogP contribution in [0.25, 0.3) is 0 Å². The van der Waals surface area contributed by atoms with Crippen LogP contribution in [0.3, 0.4) is 0 Å². The van der Waals surface area contributed by atoms with E-state index in [1.807, 2.05) is 0 Å². The summed E-state index contributed by atoms with van der Waals surface area (Å²) in [4.78, 5) is 7.64. The van der Waals surface area contributed by atoms with Gasteiger partial charge >= 0.3 is 0 Å². The van der Waals surface area contributed by atoms with Crippen LogP contribution in [-0.4, -0.2) is 80.1 Å². The number of likely N-dealkylation sites (N-methyl/N-ethyl adjacent to an activating group) is 1. The lowest BCUT2D eigenvalue weighted by Crippen LogP contribution is -2.51. The molecule has 18 heavy (non-hydrogen) atoms. The van der Waals surface area contributed by atoms with Gasteiger partial charge in [0.15, 0.2) is 0 Å². The molecule has 2 N–H and O–H groups in total. The van der Waals surface area contributed by atoms with Gasteiger partial charge < -0.3 is 10.6 Å². The smallest absolute Gasteiger partial charge is 0.0221 e. The highest BCUT2D eigenvalue weighted by molar-refractivity contribution is 4.82. The summed E-state index contributed by atoms with van der Waals surface area (Å²) < 4.78 is 0. The molecule has 2 aliphatic heterocycles. The fourth-order valence-corrected chi connectivity index (χ4v) is 3.18. The summed E-state index contributed by atoms with van der Waals surface area (Å²) in [6.45, 7) is 11.8. The maximum Gasteiger partial charge on any atom is 0.0221 e. The third-order valence-corrected chi connectivity index (χ3v) is 4.67. The first-order valence-electron chi connectivity index (χ1n) is 7.54. The van der Waals surface area contributed by atoms with Gasteiger partial charge in [-0.3, -0.25) is 9.80 Å². The average Bonchev–Trinajstić information content (AvgIpc) is 2.39. The van der Waals surface area contributed by atoms with Crippen LogP contribution in [-0.2, 0) is 0 Å². The monoisotopic (exact) mass is 254 g/mol. The molecule has 0 aromatic carbocycles. The molecule has 4 heteroatoms. The molecule has 0 saturated carbocycles. The SMILES string of the molecule is CC1CCN(CCN2CCN(C)CC2)C(CN)C1. The number of nitrogens with zero attached hydrogens (tertiary/aromatic N) is 3. The van der Waals surface area contributed by atoms with E-state index in [4.69, 9.17) is 5.73 Å². The molecule has 2 fully saturated rings. The Morgan fingerprint density at radius 2 is 1.78 bits per heavy atom. The van der Waals surface area contributed by atoms with Crippen molar-refractivity contribution in [1.29, 1.82) is 0 Å². The molecule has 2 aliphatic rings. The molecule has 0 aliphatic carbocycles. The molecule has 0 spiro atoms. The summed E-state index contributed by atoms with van der Waals surface area (Å²) in [6, 6.07) is 0.626. The number of rotatable bonds is 4. The Hall–Kier alpha value is -0.160. The number of likely N-dealkylation sites (tertiary alicyclic amines) is 1. The molecule has 2 rings (SSSR count). The van der Waals surface area contributed by atoms with Gasteiger partial charge in [-0.05, 0) is 32.4 Å². The fourth-order valence-electron chi connectivity index (χ4n) is 3.18. The zero-order valence-corrected chi connectivity index (χ0v) is 12.1. The van der Waals surface area contributed by atoms with Crippen LogP contribution in [0, 0.1) is 5.92 Å². The molecule has 0 radical (unpaired) electrons. The second kappa shape index (κ2) is 6.85. The second-order valence-corrected chi connectivity index (χ2v) is 6.20. The first-order valence-corrected chi connectivity index (χ1v) is 7.54. The Morgan fingerprint density at radius 3 is 2.44 bits per heavy atom. The van der Waals surface area contributed by atoms with Gasteiger partial charge in [-0.1, -0.05) is 6.92 Å². The predicted molar refractivity (Wildman–Crippen MR) is 76.8 cm³/mol. The third-order valence-electron chi connectivity index (χ3n) is 4.67. The zero-order valence-electron chi connectivity index (χ0n) is 12.1. The average molecular weight is 254 g/mol. The minimum Gasteiger partial charge on any atom is -0.329 e. The second-order valence-electron chi connectivity index (χ2n) is 6.20. The highest BCUT2D eigenvalue weighted by Crippen LogP contribution is 2.21. The van der Waals surface area contributed by atoms with Crippen molar-refractivity contribution in [3.05, 3.63) is 0 Å². The Bertz CT molecular complexity index is 238. The largest absolute Gasteiger partial charge is 0.329 e. The van der Waals surface area contributed by atoms with E-state index < -0.39 is 0 Å². The Balaban J connectivity index is 1.72. The number of hydrogen-bond donors (Lipinski definition) is 1. The highest BCUT2D eigenvalue weighted by Gasteiger charge is 2.25. The number of nitrogens with two attached hydrogens (primary N) is 1. The lowest BCUT2D eigenvalue weighted by Gasteiger charge is -2.40. The highest BCUT2D eigenvalue weighted by atomic mass is 15.3. The van der Waals surface area contributed by atoms with Crippen molar-refractivity contribution in [1.82, 2.24) is 14.7 Å². The van der Waals surface area contributed by atoms with E-state index in [0.717, 1.165) is 12.5 Å². The summed E-state index contributed by atoms with van der Waals surface area (Å²) in [5.74, 6) is 0.860. The van der Waals surface area contributed by atoms with Gasteiger partial charge in [0.25, 0.3) is 0 Å². The van der Waals surface area contributed by atoms with Gasteiger partial charge in [0, 0.05) is 51.9 Å². The Labute approximate surface area is 112 Å². The van der Waals surface area contributed by atoms with Crippen LogP contribution in [0.1, 0.15) is 19.8 Å². The summed E-state index contributed by atoms with van der Waals surface area (Å²) >= 11 is 0. The van der Waals surface area contributed by atoms with Crippen LogP contribution in [0.15, 0.2) is 0 Å². The number of piperazine rings is 1. The molecule has 106 valence electrons. The molecule has 0 aromatic heterocycles. The van der Waals surface area contributed by atoms with E-state index in [0.29, 0.717) is 6.04 Å². The molecule has 2 heterocycles. The lowest BCUT2D eigenvalue weighted by atomic mass is 9.92. The van der Waals surface area contributed by atoms with Crippen LogP contribution in [0.5, 0.6) is 0 Å². The van der Waals surface area contributed by atoms with Crippen molar-refractivity contribution >= 4 is 0 Å². The van der Waals surface area contributed by atoms with Crippen molar-refractivity contribution < 1.29 is 0 Å². The van der Waals surface area contributed by atoms with Gasteiger partial charge in [-0.25, -0.2) is 0 Å². The zero-order chi connectivity index (χ0) is 13.0. The van der Waals surface area contributed by atoms with Crippen molar-refractivity contribution in [3.63, 3.8) is 0 Å². The van der Waals surface area contributed by atoms with Crippen LogP contribution >= 0.6 is 0 Å². The number of piperidine rings is 1. The molecule has 2 saturated heterocycles. The third kappa shape index (κ3) is 3.92. The molecular weight excluding hydrogens is 224 g/mol. The van der Waals surface area contributed by atoms with Gasteiger partial charge in [0.05, 0.1) is 0 Å². The summed E-state index contributed by atoms with van der Waals surface area (Å²) in [7, 11) is 2.22. The van der Waals surface area contributed by atoms with Crippen LogP contribution in [0.4, 0.5) is 0 Å². The van der Waals surface area contributed by atoms with E-state index in [1.165, 1.54) is 58.7 Å². The van der Waals surface area contributed by atoms with Crippen LogP contribution < -0.4 is 5.73 Å². The molecule has 0 aromatic rings. The summed E-state index contributed by atoms with van der Waals surface area (Å²) in [6.07, 6.45) is 2.64. The van der Waals surface area contributed by atoms with Crippen molar-refractivity contribution in [2.45, 2.75) is 25.8 Å². The first kappa shape index (κ1) is 14.3. The molecule has 0 amide bonds. The van der Waals surface area contributed by atoms with Gasteiger partial charge in [0.2, 0.25) is 0 Å². The van der Waals surface area contributed by atoms with Crippen molar-refractivity contribution in [2.75, 3.05) is 59.4 Å². The van der Waals surface area contributed by atoms with Crippen LogP contribution in [0.2, 0.25) is 0 Å². The Morgan fingerprint density at radius 1 is 1.06 bits per heavy atom. The quantitative estimate of drug-likeness (QED) is 0.782. The predicted octanol–water partition coefficient (Wildman–Crippen LogP) is 0.293. The number of hydrogen-bond acceptors (Lipinski definition) is 4. The minimum atomic E-state index is 0.626. The molecule has 2 atom stereocenters. The summed E-state index contributed by atoms with van der Waals surface area (Å²) in [5, 5.41) is 0. The normalized spacial score (nSPS) is 32.8. The first-order chi connectivity index (χ1) is 8.69. The lowest BCUT2D eigenvalue weighted by molar-refractivity contribution is 0.0896. The van der Waals surface area contributed by atoms with E-state index in [2.05, 4.69) is 28.7 Å². The Kier molecular flexibility index (Phi) is 5.42. The van der Waals surface area contributed by atoms with Gasteiger partial charge in [-0.15, -0.1) is 0 Å². The van der Waals surface area contributed by atoms with Gasteiger partial charge in [0.1, 0.15) is 0 Å². The van der Waals surface area contributed by atoms with E-state index in [1.54, 1.807) is 0 Å². The maximum atomic E-state index is 5.92. The van der Waals surface area contributed by atoms with Gasteiger partial charge in [-0.2, -0.15) is 0 Å². The van der Waals surface area contributed by atoms with E-state index >= 15 is 0 Å². The maximum absolute atomic E-state index is 5.92. The molecular formula is C14H30N4. The topological polar surface area (TPSA) is 35.7 Å². The summed E-state index contributed by atoms with van der Waals surface area (Å²) in [5.41, 5.74) is 5.92. The standard InChI is InChI=1S/C14H30N4/c1-13-3-4-18(14(11-13)12-15)10-9-17-7-5-16(2)6-8-17/h13-14H,3-12,15H2,1-2H3. The molecule has 0 bridgehead atoms. The van der Waals surface area contributed by atoms with Crippen molar-refractivity contribution in [3.8, 4) is 0 Å². The van der Waals surface area contributed by atoms with Crippen molar-refractivity contribution in [2.24, 2.45) is 11.7 Å². The van der Waals surface area contributed by atoms with E-state index in [9.17, 15) is 0 Å². The minimum absolute atomic E-state index is 0.626. The van der Waals surface area contributed by atoms with E-state index in [-0.39, 0.29) is 0 Å².